The molecular weight excluding hydrogens is 338 g/mol. The molecule has 2 aromatic rings. The predicted molar refractivity (Wildman–Crippen MR) is 108 cm³/mol. The van der Waals surface area contributed by atoms with Crippen molar-refractivity contribution in [3.63, 3.8) is 0 Å². The Morgan fingerprint density at radius 3 is 2.48 bits per heavy atom. The van der Waals surface area contributed by atoms with Crippen molar-refractivity contribution in [2.45, 2.75) is 19.8 Å². The Bertz CT molecular complexity index is 852. The number of para-hydroxylation sites is 1. The molecule has 2 heterocycles. The Morgan fingerprint density at radius 2 is 1.78 bits per heavy atom. The van der Waals surface area contributed by atoms with E-state index >= 15 is 0 Å². The number of aliphatic imine (C=N–C) groups is 1. The van der Waals surface area contributed by atoms with E-state index in [4.69, 9.17) is 4.74 Å². The SMILES string of the molecule is COc1ccc(N=C2C(=O)N(CN3CCC(C)CC3)c3ccccc32)cc1. The summed E-state index contributed by atoms with van der Waals surface area (Å²) in [5.74, 6) is 1.53. The molecular formula is C22H25N3O2. The maximum absolute atomic E-state index is 13.2. The first kappa shape index (κ1) is 17.7. The van der Waals surface area contributed by atoms with Gasteiger partial charge < -0.3 is 4.74 Å². The number of anilines is 1. The molecule has 1 fully saturated rings. The maximum atomic E-state index is 13.2. The monoisotopic (exact) mass is 363 g/mol. The summed E-state index contributed by atoms with van der Waals surface area (Å²) < 4.78 is 5.20. The van der Waals surface area contributed by atoms with Gasteiger partial charge in [0.25, 0.3) is 5.91 Å². The maximum Gasteiger partial charge on any atom is 0.278 e. The zero-order valence-electron chi connectivity index (χ0n) is 15.9. The third-order valence-electron chi connectivity index (χ3n) is 5.43. The number of hydrogen-bond donors (Lipinski definition) is 0. The molecule has 0 spiro atoms. The average molecular weight is 363 g/mol. The van der Waals surface area contributed by atoms with Crippen LogP contribution in [0.2, 0.25) is 0 Å². The van der Waals surface area contributed by atoms with E-state index in [9.17, 15) is 4.79 Å². The number of carbonyl (C=O) groups is 1. The van der Waals surface area contributed by atoms with Crippen LogP contribution in [0.4, 0.5) is 11.4 Å². The normalized spacial score (nSPS) is 19.6. The fourth-order valence-corrected chi connectivity index (χ4v) is 3.70. The van der Waals surface area contributed by atoms with Gasteiger partial charge in [-0.05, 0) is 49.1 Å². The third-order valence-corrected chi connectivity index (χ3v) is 5.43. The molecule has 0 bridgehead atoms. The Morgan fingerprint density at radius 1 is 1.07 bits per heavy atom. The van der Waals surface area contributed by atoms with Crippen LogP contribution >= 0.6 is 0 Å². The van der Waals surface area contributed by atoms with Gasteiger partial charge in [0.05, 0.1) is 25.2 Å². The highest BCUT2D eigenvalue weighted by atomic mass is 16.5. The van der Waals surface area contributed by atoms with E-state index in [1.54, 1.807) is 7.11 Å². The minimum atomic E-state index is -0.0226. The smallest absolute Gasteiger partial charge is 0.278 e. The molecule has 0 atom stereocenters. The molecule has 0 aliphatic carbocycles. The molecule has 0 saturated carbocycles. The van der Waals surface area contributed by atoms with Crippen LogP contribution in [0, 0.1) is 5.92 Å². The van der Waals surface area contributed by atoms with Gasteiger partial charge in [-0.1, -0.05) is 25.1 Å². The number of likely N-dealkylation sites (tertiary alicyclic amines) is 1. The molecule has 5 nitrogen and oxygen atoms in total. The van der Waals surface area contributed by atoms with E-state index in [1.165, 1.54) is 12.8 Å². The zero-order valence-corrected chi connectivity index (χ0v) is 15.9. The van der Waals surface area contributed by atoms with E-state index in [2.05, 4.69) is 16.8 Å². The van der Waals surface area contributed by atoms with Gasteiger partial charge in [-0.15, -0.1) is 0 Å². The summed E-state index contributed by atoms with van der Waals surface area (Å²) in [6.07, 6.45) is 2.38. The van der Waals surface area contributed by atoms with Crippen molar-refractivity contribution in [2.24, 2.45) is 10.9 Å². The Labute approximate surface area is 160 Å². The molecule has 0 aromatic heterocycles. The number of methoxy groups -OCH3 is 1. The molecule has 1 amide bonds. The number of amides is 1. The largest absolute Gasteiger partial charge is 0.497 e. The van der Waals surface area contributed by atoms with Crippen LogP contribution in [0.25, 0.3) is 0 Å². The molecule has 0 unspecified atom stereocenters. The Hall–Kier alpha value is -2.66. The predicted octanol–water partition coefficient (Wildman–Crippen LogP) is 3.85. The van der Waals surface area contributed by atoms with Crippen LogP contribution in [0.1, 0.15) is 25.3 Å². The number of piperidine rings is 1. The number of fused-ring (bicyclic) bond motifs is 1. The minimum absolute atomic E-state index is 0.0226. The molecule has 27 heavy (non-hydrogen) atoms. The fourth-order valence-electron chi connectivity index (χ4n) is 3.70. The standard InChI is InChI=1S/C22H25N3O2/c1-16-11-13-24(14-12-16)15-25-20-6-4-3-5-19(20)21(22(25)26)23-17-7-9-18(27-2)10-8-17/h3-10,16H,11-15H2,1-2H3. The van der Waals surface area contributed by atoms with E-state index in [1.807, 2.05) is 53.4 Å². The van der Waals surface area contributed by atoms with Crippen LogP contribution in [-0.2, 0) is 4.79 Å². The number of rotatable bonds is 4. The number of ether oxygens (including phenoxy) is 1. The summed E-state index contributed by atoms with van der Waals surface area (Å²) in [6, 6.07) is 15.4. The Balaban J connectivity index is 1.62. The lowest BCUT2D eigenvalue weighted by atomic mass is 10.00. The van der Waals surface area contributed by atoms with Crippen molar-refractivity contribution in [1.82, 2.24) is 4.90 Å². The van der Waals surface area contributed by atoms with Crippen LogP contribution in [0.15, 0.2) is 53.5 Å². The zero-order chi connectivity index (χ0) is 18.8. The van der Waals surface area contributed by atoms with Crippen molar-refractivity contribution in [2.75, 3.05) is 31.8 Å². The quantitative estimate of drug-likeness (QED) is 0.829. The molecule has 2 aliphatic rings. The molecule has 0 radical (unpaired) electrons. The summed E-state index contributed by atoms with van der Waals surface area (Å²) in [6.45, 7) is 5.01. The first-order chi connectivity index (χ1) is 13.2. The second kappa shape index (κ2) is 7.53. The average Bonchev–Trinajstić information content (AvgIpc) is 2.96. The van der Waals surface area contributed by atoms with Gasteiger partial charge in [-0.25, -0.2) is 4.99 Å². The van der Waals surface area contributed by atoms with Gasteiger partial charge in [0.2, 0.25) is 0 Å². The lowest BCUT2D eigenvalue weighted by Crippen LogP contribution is -2.44. The van der Waals surface area contributed by atoms with Crippen LogP contribution in [-0.4, -0.2) is 43.4 Å². The van der Waals surface area contributed by atoms with Crippen molar-refractivity contribution in [1.29, 1.82) is 0 Å². The summed E-state index contributed by atoms with van der Waals surface area (Å²) >= 11 is 0. The lowest BCUT2D eigenvalue weighted by molar-refractivity contribution is -0.112. The van der Waals surface area contributed by atoms with Crippen LogP contribution < -0.4 is 9.64 Å². The number of carbonyl (C=O) groups excluding carboxylic acids is 1. The van der Waals surface area contributed by atoms with E-state index < -0.39 is 0 Å². The van der Waals surface area contributed by atoms with Gasteiger partial charge in [0.1, 0.15) is 11.5 Å². The van der Waals surface area contributed by atoms with Gasteiger partial charge >= 0.3 is 0 Å². The summed E-state index contributed by atoms with van der Waals surface area (Å²) in [4.78, 5) is 22.1. The van der Waals surface area contributed by atoms with Gasteiger partial charge in [-0.3, -0.25) is 14.6 Å². The minimum Gasteiger partial charge on any atom is -0.497 e. The Kier molecular flexibility index (Phi) is 4.94. The van der Waals surface area contributed by atoms with E-state index in [0.717, 1.165) is 41.7 Å². The summed E-state index contributed by atoms with van der Waals surface area (Å²) in [7, 11) is 1.64. The topological polar surface area (TPSA) is 45.1 Å². The van der Waals surface area contributed by atoms with E-state index in [-0.39, 0.29) is 5.91 Å². The van der Waals surface area contributed by atoms with Crippen molar-refractivity contribution >= 4 is 23.0 Å². The highest BCUT2D eigenvalue weighted by Crippen LogP contribution is 2.32. The molecule has 2 aliphatic heterocycles. The summed E-state index contributed by atoms with van der Waals surface area (Å²) in [5.41, 5.74) is 3.13. The highest BCUT2D eigenvalue weighted by molar-refractivity contribution is 6.54. The first-order valence-electron chi connectivity index (χ1n) is 9.52. The molecule has 1 saturated heterocycles. The van der Waals surface area contributed by atoms with Gasteiger partial charge in [-0.2, -0.15) is 0 Å². The molecule has 4 rings (SSSR count). The number of hydrogen-bond acceptors (Lipinski definition) is 4. The van der Waals surface area contributed by atoms with Crippen molar-refractivity contribution in [3.8, 4) is 5.75 Å². The second-order valence-corrected chi connectivity index (χ2v) is 7.35. The van der Waals surface area contributed by atoms with Gasteiger partial charge in [0, 0.05) is 18.7 Å². The van der Waals surface area contributed by atoms with Crippen LogP contribution in [0.5, 0.6) is 5.75 Å². The van der Waals surface area contributed by atoms with E-state index in [0.29, 0.717) is 12.4 Å². The molecule has 0 N–H and O–H groups in total. The van der Waals surface area contributed by atoms with Crippen molar-refractivity contribution in [3.05, 3.63) is 54.1 Å². The highest BCUT2D eigenvalue weighted by Gasteiger charge is 2.35. The fraction of sp³-hybridized carbons (Fsp3) is 0.364. The molecule has 5 heteroatoms. The summed E-state index contributed by atoms with van der Waals surface area (Å²) in [5, 5.41) is 0. The van der Waals surface area contributed by atoms with Gasteiger partial charge in [0.15, 0.2) is 0 Å². The molecule has 140 valence electrons. The second-order valence-electron chi connectivity index (χ2n) is 7.35. The number of nitrogens with zero attached hydrogens (tertiary/aromatic N) is 3. The first-order valence-corrected chi connectivity index (χ1v) is 9.52. The third kappa shape index (κ3) is 3.60. The van der Waals surface area contributed by atoms with Crippen LogP contribution in [0.3, 0.4) is 0 Å². The molecule has 2 aromatic carbocycles. The number of benzene rings is 2. The lowest BCUT2D eigenvalue weighted by Gasteiger charge is -2.33. The van der Waals surface area contributed by atoms with Crippen molar-refractivity contribution < 1.29 is 9.53 Å².